The molecule has 0 aromatic carbocycles. The molecule has 8 heavy (non-hydrogen) atoms. The Hall–Kier alpha value is -0.0800. The highest BCUT2D eigenvalue weighted by Gasteiger charge is 2.45. The van der Waals surface area contributed by atoms with E-state index in [1.807, 2.05) is 6.92 Å². The van der Waals surface area contributed by atoms with Crippen LogP contribution in [-0.2, 0) is 0 Å². The average molecular weight is 115 g/mol. The number of rotatable bonds is 2. The summed E-state index contributed by atoms with van der Waals surface area (Å²) in [7, 11) is 0. The number of hydrogen-bond donors (Lipinski definition) is 2. The molecule has 2 unspecified atom stereocenters. The minimum Gasteiger partial charge on any atom is -0.396 e. The van der Waals surface area contributed by atoms with Gasteiger partial charge in [0.2, 0.25) is 0 Å². The first-order valence-corrected chi connectivity index (χ1v) is 3.06. The van der Waals surface area contributed by atoms with Gasteiger partial charge in [0.1, 0.15) is 0 Å². The summed E-state index contributed by atoms with van der Waals surface area (Å²) >= 11 is 0. The van der Waals surface area contributed by atoms with E-state index in [-0.39, 0.29) is 12.1 Å². The summed E-state index contributed by atoms with van der Waals surface area (Å²) in [4.78, 5) is 0. The van der Waals surface area contributed by atoms with E-state index in [0.717, 1.165) is 12.8 Å². The van der Waals surface area contributed by atoms with Crippen molar-refractivity contribution in [2.45, 2.75) is 25.3 Å². The van der Waals surface area contributed by atoms with Gasteiger partial charge in [0.15, 0.2) is 0 Å². The molecule has 2 heteroatoms. The third-order valence-corrected chi connectivity index (χ3v) is 1.94. The third kappa shape index (κ3) is 1.01. The van der Waals surface area contributed by atoms with Gasteiger partial charge >= 0.3 is 0 Å². The number of hydrogen-bond acceptors (Lipinski definition) is 2. The predicted molar refractivity (Wildman–Crippen MR) is 32.4 cm³/mol. The average Bonchev–Trinajstić information content (AvgIpc) is 2.15. The summed E-state index contributed by atoms with van der Waals surface area (Å²) in [6, 6.07) is 0. The van der Waals surface area contributed by atoms with Crippen molar-refractivity contribution in [3.63, 3.8) is 0 Å². The molecule has 0 saturated heterocycles. The van der Waals surface area contributed by atoms with Crippen molar-refractivity contribution in [3.8, 4) is 0 Å². The fourth-order valence-electron chi connectivity index (χ4n) is 1.06. The lowest BCUT2D eigenvalue weighted by Gasteiger charge is -1.98. The van der Waals surface area contributed by atoms with Crippen molar-refractivity contribution < 1.29 is 5.11 Å². The lowest BCUT2D eigenvalue weighted by molar-refractivity contribution is 0.275. The van der Waals surface area contributed by atoms with Gasteiger partial charge in [0.25, 0.3) is 0 Å². The molecule has 0 bridgehead atoms. The first-order chi connectivity index (χ1) is 3.67. The molecule has 2 atom stereocenters. The Morgan fingerprint density at radius 1 is 1.88 bits per heavy atom. The van der Waals surface area contributed by atoms with Crippen LogP contribution >= 0.6 is 0 Å². The summed E-state index contributed by atoms with van der Waals surface area (Å²) in [5.74, 6) is 0.590. The van der Waals surface area contributed by atoms with Crippen LogP contribution in [0.2, 0.25) is 0 Å². The molecular weight excluding hydrogens is 102 g/mol. The fourth-order valence-corrected chi connectivity index (χ4v) is 1.06. The van der Waals surface area contributed by atoms with E-state index in [0.29, 0.717) is 5.92 Å². The molecule has 1 aliphatic carbocycles. The van der Waals surface area contributed by atoms with Gasteiger partial charge in [-0.1, -0.05) is 0 Å². The molecule has 1 rings (SSSR count). The second-order valence-corrected chi connectivity index (χ2v) is 2.92. The van der Waals surface area contributed by atoms with Crippen LogP contribution in [-0.4, -0.2) is 17.3 Å². The summed E-state index contributed by atoms with van der Waals surface area (Å²) in [6.45, 7) is 2.32. The maximum absolute atomic E-state index is 8.45. The summed E-state index contributed by atoms with van der Waals surface area (Å²) < 4.78 is 0. The summed E-state index contributed by atoms with van der Waals surface area (Å²) in [6.07, 6.45) is 1.97. The molecule has 0 amide bonds. The van der Waals surface area contributed by atoms with Gasteiger partial charge in [-0.05, 0) is 25.7 Å². The first-order valence-electron chi connectivity index (χ1n) is 3.06. The van der Waals surface area contributed by atoms with Gasteiger partial charge in [-0.15, -0.1) is 0 Å². The predicted octanol–water partition coefficient (Wildman–Crippen LogP) is 0.106. The van der Waals surface area contributed by atoms with Crippen molar-refractivity contribution in [1.82, 2.24) is 0 Å². The molecule has 0 aromatic heterocycles. The van der Waals surface area contributed by atoms with E-state index >= 15 is 0 Å². The zero-order valence-corrected chi connectivity index (χ0v) is 5.22. The van der Waals surface area contributed by atoms with Crippen LogP contribution in [0.25, 0.3) is 0 Å². The maximum Gasteiger partial charge on any atom is 0.0434 e. The molecule has 2 nitrogen and oxygen atoms in total. The zero-order valence-electron chi connectivity index (χ0n) is 5.22. The molecule has 0 aliphatic heterocycles. The molecule has 1 saturated carbocycles. The van der Waals surface area contributed by atoms with Crippen LogP contribution in [0, 0.1) is 5.92 Å². The van der Waals surface area contributed by atoms with Gasteiger partial charge < -0.3 is 10.8 Å². The Morgan fingerprint density at radius 2 is 2.38 bits per heavy atom. The molecule has 3 N–H and O–H groups in total. The summed E-state index contributed by atoms with van der Waals surface area (Å²) in [5.41, 5.74) is 5.74. The van der Waals surface area contributed by atoms with Crippen LogP contribution in [0.15, 0.2) is 0 Å². The Kier molecular flexibility index (Phi) is 1.29. The highest BCUT2D eigenvalue weighted by molar-refractivity contribution is 5.03. The summed E-state index contributed by atoms with van der Waals surface area (Å²) in [5, 5.41) is 8.45. The molecule has 0 heterocycles. The van der Waals surface area contributed by atoms with E-state index in [1.54, 1.807) is 0 Å². The standard InChI is InChI=1S/C6H13NO/c1-6(7)4-5(6)2-3-8/h5,8H,2-4,7H2,1H3. The fraction of sp³-hybridized carbons (Fsp3) is 1.00. The second kappa shape index (κ2) is 1.71. The monoisotopic (exact) mass is 115 g/mol. The van der Waals surface area contributed by atoms with Crippen LogP contribution in [0.4, 0.5) is 0 Å². The lowest BCUT2D eigenvalue weighted by atomic mass is 10.2. The van der Waals surface area contributed by atoms with Crippen molar-refractivity contribution in [2.75, 3.05) is 6.61 Å². The molecule has 0 aromatic rings. The third-order valence-electron chi connectivity index (χ3n) is 1.94. The highest BCUT2D eigenvalue weighted by atomic mass is 16.3. The van der Waals surface area contributed by atoms with Gasteiger partial charge in [-0.2, -0.15) is 0 Å². The molecular formula is C6H13NO. The van der Waals surface area contributed by atoms with E-state index in [2.05, 4.69) is 0 Å². The van der Waals surface area contributed by atoms with Crippen LogP contribution in [0.3, 0.4) is 0 Å². The molecule has 0 radical (unpaired) electrons. The van der Waals surface area contributed by atoms with Crippen LogP contribution in [0.1, 0.15) is 19.8 Å². The Bertz CT molecular complexity index is 90.5. The van der Waals surface area contributed by atoms with Crippen molar-refractivity contribution >= 4 is 0 Å². The first kappa shape index (κ1) is 6.05. The van der Waals surface area contributed by atoms with E-state index in [4.69, 9.17) is 10.8 Å². The Labute approximate surface area is 49.7 Å². The molecule has 1 fully saturated rings. The van der Waals surface area contributed by atoms with Crippen LogP contribution in [0.5, 0.6) is 0 Å². The molecule has 0 spiro atoms. The van der Waals surface area contributed by atoms with Crippen molar-refractivity contribution in [2.24, 2.45) is 11.7 Å². The van der Waals surface area contributed by atoms with Gasteiger partial charge in [0, 0.05) is 12.1 Å². The van der Waals surface area contributed by atoms with E-state index in [1.165, 1.54) is 0 Å². The number of aliphatic hydroxyl groups excluding tert-OH is 1. The topological polar surface area (TPSA) is 46.2 Å². The molecule has 1 aliphatic rings. The lowest BCUT2D eigenvalue weighted by Crippen LogP contribution is -2.19. The van der Waals surface area contributed by atoms with E-state index in [9.17, 15) is 0 Å². The van der Waals surface area contributed by atoms with E-state index < -0.39 is 0 Å². The Balaban J connectivity index is 2.17. The van der Waals surface area contributed by atoms with Gasteiger partial charge in [-0.25, -0.2) is 0 Å². The smallest absolute Gasteiger partial charge is 0.0434 e. The zero-order chi connectivity index (χ0) is 6.20. The van der Waals surface area contributed by atoms with Crippen molar-refractivity contribution in [1.29, 1.82) is 0 Å². The van der Waals surface area contributed by atoms with Gasteiger partial charge in [0.05, 0.1) is 0 Å². The maximum atomic E-state index is 8.45. The normalized spacial score (nSPS) is 44.6. The minimum absolute atomic E-state index is 0.0583. The van der Waals surface area contributed by atoms with Crippen LogP contribution < -0.4 is 5.73 Å². The van der Waals surface area contributed by atoms with Gasteiger partial charge in [-0.3, -0.25) is 0 Å². The van der Waals surface area contributed by atoms with Crippen molar-refractivity contribution in [3.05, 3.63) is 0 Å². The minimum atomic E-state index is 0.0583. The quantitative estimate of drug-likeness (QED) is 0.536. The highest BCUT2D eigenvalue weighted by Crippen LogP contribution is 2.42. The molecule has 48 valence electrons. The Morgan fingerprint density at radius 3 is 2.50 bits per heavy atom. The number of nitrogens with two attached hydrogens (primary N) is 1. The number of aliphatic hydroxyl groups is 1. The largest absolute Gasteiger partial charge is 0.396 e. The SMILES string of the molecule is CC1(N)CC1CCO. The second-order valence-electron chi connectivity index (χ2n) is 2.92.